The first-order chi connectivity index (χ1) is 8.93. The molecule has 1 heterocycles. The number of allylic oxidation sites excluding steroid dienone is 6. The number of hydrogen-bond acceptors (Lipinski definition) is 2. The lowest BCUT2D eigenvalue weighted by Gasteiger charge is -2.42. The van der Waals surface area contributed by atoms with Gasteiger partial charge in [0, 0.05) is 5.57 Å². The van der Waals surface area contributed by atoms with E-state index >= 15 is 0 Å². The minimum atomic E-state index is -4.52. The number of amides is 1. The topological polar surface area (TPSA) is 38.3 Å². The number of halogens is 3. The Hall–Kier alpha value is -1.82. The van der Waals surface area contributed by atoms with Gasteiger partial charge in [-0.1, -0.05) is 24.3 Å². The quantitative estimate of drug-likeness (QED) is 0.830. The van der Waals surface area contributed by atoms with Crippen LogP contribution in [-0.2, 0) is 9.53 Å². The van der Waals surface area contributed by atoms with Crippen molar-refractivity contribution in [2.45, 2.75) is 11.7 Å². The number of carbonyl (C=O) groups excluding carboxylic acids is 1. The van der Waals surface area contributed by atoms with Gasteiger partial charge in [-0.3, -0.25) is 4.79 Å². The van der Waals surface area contributed by atoms with E-state index in [1.807, 2.05) is 0 Å². The van der Waals surface area contributed by atoms with Crippen LogP contribution in [0.3, 0.4) is 0 Å². The summed E-state index contributed by atoms with van der Waals surface area (Å²) >= 11 is 0. The second kappa shape index (κ2) is 3.84. The van der Waals surface area contributed by atoms with Crippen LogP contribution < -0.4 is 5.32 Å². The third kappa shape index (κ3) is 1.74. The van der Waals surface area contributed by atoms with E-state index in [4.69, 9.17) is 0 Å². The highest BCUT2D eigenvalue weighted by Gasteiger charge is 2.61. The third-order valence-corrected chi connectivity index (χ3v) is 3.41. The maximum atomic E-state index is 12.9. The molecule has 1 N–H and O–H groups in total. The minimum Gasteiger partial charge on any atom is -0.376 e. The first kappa shape index (κ1) is 12.2. The fraction of sp³-hybridized carbons (Fsp3) is 0.308. The molecule has 0 aromatic heterocycles. The number of hydrogen-bond donors (Lipinski definition) is 1. The Labute approximate surface area is 107 Å². The largest absolute Gasteiger partial charge is 0.416 e. The Morgan fingerprint density at radius 1 is 1.26 bits per heavy atom. The average Bonchev–Trinajstić information content (AvgIpc) is 2.81. The fourth-order valence-corrected chi connectivity index (χ4v) is 2.18. The number of ether oxygens (including phenoxy) is 1. The van der Waals surface area contributed by atoms with Crippen LogP contribution in [-0.4, -0.2) is 30.8 Å². The number of carbonyl (C=O) groups is 1. The minimum absolute atomic E-state index is 0.260. The van der Waals surface area contributed by atoms with Gasteiger partial charge in [-0.2, -0.15) is 13.2 Å². The molecule has 2 aliphatic carbocycles. The molecule has 0 atom stereocenters. The van der Waals surface area contributed by atoms with E-state index in [1.165, 1.54) is 6.08 Å². The average molecular weight is 269 g/mol. The molecule has 6 heteroatoms. The van der Waals surface area contributed by atoms with Gasteiger partial charge in [-0.25, -0.2) is 0 Å². The summed E-state index contributed by atoms with van der Waals surface area (Å²) < 4.78 is 43.4. The van der Waals surface area contributed by atoms with Crippen LogP contribution in [0.2, 0.25) is 0 Å². The molecule has 3 aliphatic rings. The molecule has 0 saturated carbocycles. The van der Waals surface area contributed by atoms with E-state index in [-0.39, 0.29) is 5.57 Å². The number of fused-ring (bicyclic) bond motifs is 1. The number of rotatable bonds is 2. The number of alkyl halides is 3. The predicted octanol–water partition coefficient (Wildman–Crippen LogP) is 1.80. The molecule has 1 saturated heterocycles. The molecule has 1 aliphatic heterocycles. The van der Waals surface area contributed by atoms with E-state index < -0.39 is 30.8 Å². The highest BCUT2D eigenvalue weighted by Crippen LogP contribution is 2.37. The molecule has 0 unspecified atom stereocenters. The number of nitrogens with one attached hydrogen (secondary N) is 1. The van der Waals surface area contributed by atoms with Crippen LogP contribution in [0.1, 0.15) is 0 Å². The highest BCUT2D eigenvalue weighted by molar-refractivity contribution is 6.01. The van der Waals surface area contributed by atoms with Gasteiger partial charge in [0.2, 0.25) is 0 Å². The molecular formula is C13H10F3NO2. The lowest BCUT2D eigenvalue weighted by Crippen LogP contribution is -2.70. The Balaban J connectivity index is 1.83. The van der Waals surface area contributed by atoms with Crippen molar-refractivity contribution < 1.29 is 22.7 Å². The molecule has 3 rings (SSSR count). The Morgan fingerprint density at radius 2 is 2.00 bits per heavy atom. The van der Waals surface area contributed by atoms with E-state index in [1.54, 1.807) is 24.3 Å². The zero-order chi connectivity index (χ0) is 13.7. The zero-order valence-corrected chi connectivity index (χ0v) is 9.75. The van der Waals surface area contributed by atoms with Crippen LogP contribution in [0.15, 0.2) is 47.1 Å². The Kier molecular flexibility index (Phi) is 2.47. The standard InChI is InChI=1S/C13H10F3NO2/c14-13(15,16)12(6-19-7-12)17-11(18)10-5-4-8-2-1-3-9(8)10/h1-5H,6-7H2,(H,17,18). The lowest BCUT2D eigenvalue weighted by molar-refractivity contribution is -0.265. The summed E-state index contributed by atoms with van der Waals surface area (Å²) in [5.41, 5.74) is -0.484. The summed E-state index contributed by atoms with van der Waals surface area (Å²) in [6.45, 7) is -1.07. The Morgan fingerprint density at radius 3 is 2.58 bits per heavy atom. The van der Waals surface area contributed by atoms with Gasteiger partial charge in [-0.05, 0) is 17.2 Å². The van der Waals surface area contributed by atoms with Gasteiger partial charge < -0.3 is 10.1 Å². The predicted molar refractivity (Wildman–Crippen MR) is 61.1 cm³/mol. The molecule has 1 fully saturated rings. The maximum Gasteiger partial charge on any atom is 0.416 e. The smallest absolute Gasteiger partial charge is 0.376 e. The molecule has 0 aromatic carbocycles. The molecule has 0 spiro atoms. The molecule has 0 aromatic rings. The van der Waals surface area contributed by atoms with Crippen LogP contribution in [0.25, 0.3) is 0 Å². The SMILES string of the molecule is O=C(NC1(C(F)(F)F)COC1)C1=C2C=CC=C2C=C1. The summed E-state index contributed by atoms with van der Waals surface area (Å²) in [6, 6.07) is 0. The molecule has 19 heavy (non-hydrogen) atoms. The van der Waals surface area contributed by atoms with Gasteiger partial charge in [0.15, 0.2) is 5.54 Å². The summed E-state index contributed by atoms with van der Waals surface area (Å²) in [6.07, 6.45) is 4.00. The first-order valence-electron chi connectivity index (χ1n) is 5.71. The molecule has 3 nitrogen and oxygen atoms in total. The van der Waals surface area contributed by atoms with Gasteiger partial charge in [-0.15, -0.1) is 0 Å². The monoisotopic (exact) mass is 269 g/mol. The van der Waals surface area contributed by atoms with Crippen molar-refractivity contribution in [2.75, 3.05) is 13.2 Å². The summed E-state index contributed by atoms with van der Waals surface area (Å²) in [5.74, 6) is -0.721. The van der Waals surface area contributed by atoms with Crippen molar-refractivity contribution in [1.29, 1.82) is 0 Å². The van der Waals surface area contributed by atoms with E-state index in [2.05, 4.69) is 10.1 Å². The Bertz CT molecular complexity index is 563. The van der Waals surface area contributed by atoms with Crippen molar-refractivity contribution in [3.63, 3.8) is 0 Å². The molecule has 1 amide bonds. The van der Waals surface area contributed by atoms with Crippen molar-refractivity contribution in [2.24, 2.45) is 0 Å². The molecule has 0 bridgehead atoms. The molecule has 0 radical (unpaired) electrons. The summed E-state index contributed by atoms with van der Waals surface area (Å²) in [7, 11) is 0. The van der Waals surface area contributed by atoms with E-state index in [9.17, 15) is 18.0 Å². The van der Waals surface area contributed by atoms with Crippen molar-refractivity contribution in [3.8, 4) is 0 Å². The third-order valence-electron chi connectivity index (χ3n) is 3.41. The molecular weight excluding hydrogens is 259 g/mol. The first-order valence-corrected chi connectivity index (χ1v) is 5.71. The lowest BCUT2D eigenvalue weighted by atomic mass is 9.95. The van der Waals surface area contributed by atoms with Crippen LogP contribution >= 0.6 is 0 Å². The fourth-order valence-electron chi connectivity index (χ4n) is 2.18. The van der Waals surface area contributed by atoms with Crippen LogP contribution in [0, 0.1) is 0 Å². The van der Waals surface area contributed by atoms with Crippen LogP contribution in [0.4, 0.5) is 13.2 Å². The highest BCUT2D eigenvalue weighted by atomic mass is 19.4. The van der Waals surface area contributed by atoms with Gasteiger partial charge in [0.25, 0.3) is 5.91 Å². The zero-order valence-electron chi connectivity index (χ0n) is 9.75. The van der Waals surface area contributed by atoms with Gasteiger partial charge >= 0.3 is 6.18 Å². The van der Waals surface area contributed by atoms with E-state index in [0.29, 0.717) is 5.57 Å². The van der Waals surface area contributed by atoms with Gasteiger partial charge in [0.1, 0.15) is 0 Å². The molecule has 100 valence electrons. The summed E-state index contributed by atoms with van der Waals surface area (Å²) in [5, 5.41) is 2.07. The van der Waals surface area contributed by atoms with Crippen molar-refractivity contribution in [1.82, 2.24) is 5.32 Å². The normalized spacial score (nSPS) is 23.2. The van der Waals surface area contributed by atoms with Gasteiger partial charge in [0.05, 0.1) is 13.2 Å². The van der Waals surface area contributed by atoms with Crippen molar-refractivity contribution >= 4 is 5.91 Å². The van der Waals surface area contributed by atoms with Crippen LogP contribution in [0.5, 0.6) is 0 Å². The maximum absolute atomic E-state index is 12.9. The second-order valence-corrected chi connectivity index (χ2v) is 4.67. The second-order valence-electron chi connectivity index (χ2n) is 4.67. The van der Waals surface area contributed by atoms with E-state index in [0.717, 1.165) is 5.57 Å². The van der Waals surface area contributed by atoms with Crippen molar-refractivity contribution in [3.05, 3.63) is 47.1 Å². The summed E-state index contributed by atoms with van der Waals surface area (Å²) in [4.78, 5) is 12.0.